The molecule has 0 atom stereocenters. The van der Waals surface area contributed by atoms with Crippen LogP contribution < -0.4 is 4.74 Å². The molecule has 3 heteroatoms. The van der Waals surface area contributed by atoms with Crippen LogP contribution in [0.2, 0.25) is 0 Å². The largest absolute Gasteiger partial charge is 0.493 e. The van der Waals surface area contributed by atoms with E-state index in [-0.39, 0.29) is 5.82 Å². The normalized spacial score (nSPS) is 10.7. The van der Waals surface area contributed by atoms with Gasteiger partial charge in [0.25, 0.3) is 0 Å². The summed E-state index contributed by atoms with van der Waals surface area (Å²) < 4.78 is 18.7. The summed E-state index contributed by atoms with van der Waals surface area (Å²) in [4.78, 5) is 4.13. The molecule has 2 rings (SSSR count). The van der Waals surface area contributed by atoms with E-state index < -0.39 is 0 Å². The first-order valence-electron chi connectivity index (χ1n) is 6.00. The minimum Gasteiger partial charge on any atom is -0.493 e. The molecule has 0 aliphatic heterocycles. The van der Waals surface area contributed by atoms with E-state index in [0.717, 1.165) is 11.3 Å². The molecule has 0 saturated carbocycles. The molecule has 0 unspecified atom stereocenters. The van der Waals surface area contributed by atoms with Crippen LogP contribution in [0.4, 0.5) is 4.39 Å². The monoisotopic (exact) mass is 245 g/mol. The zero-order chi connectivity index (χ0) is 13.0. The van der Waals surface area contributed by atoms with Gasteiger partial charge in [-0.05, 0) is 36.2 Å². The summed E-state index contributed by atoms with van der Waals surface area (Å²) in [6, 6.07) is 10.3. The second kappa shape index (κ2) is 5.63. The molecule has 0 N–H and O–H groups in total. The van der Waals surface area contributed by atoms with Crippen molar-refractivity contribution in [2.45, 2.75) is 13.8 Å². The number of aromatic nitrogens is 1. The van der Waals surface area contributed by atoms with Crippen LogP contribution in [0.3, 0.4) is 0 Å². The van der Waals surface area contributed by atoms with Gasteiger partial charge in [0, 0.05) is 17.8 Å². The maximum absolute atomic E-state index is 13.1. The van der Waals surface area contributed by atoms with Gasteiger partial charge in [0.15, 0.2) is 0 Å². The van der Waals surface area contributed by atoms with E-state index in [4.69, 9.17) is 4.74 Å². The van der Waals surface area contributed by atoms with Gasteiger partial charge in [-0.2, -0.15) is 0 Å². The smallest absolute Gasteiger partial charge is 0.126 e. The molecule has 2 nitrogen and oxygen atoms in total. The summed E-state index contributed by atoms with van der Waals surface area (Å²) >= 11 is 0. The standard InChI is InChI=1S/C15H16FNO/c1-11(2)10-18-14-5-3-12(4-6-14)15-9-13(16)7-8-17-15/h3-9,11H,10H2,1-2H3. The molecule has 0 aliphatic carbocycles. The van der Waals surface area contributed by atoms with Crippen molar-refractivity contribution in [1.82, 2.24) is 4.98 Å². The Kier molecular flexibility index (Phi) is 3.92. The van der Waals surface area contributed by atoms with Gasteiger partial charge in [0.2, 0.25) is 0 Å². The summed E-state index contributed by atoms with van der Waals surface area (Å²) in [5.41, 5.74) is 1.51. The van der Waals surface area contributed by atoms with Crippen LogP contribution in [0.25, 0.3) is 11.3 Å². The van der Waals surface area contributed by atoms with Gasteiger partial charge in [0.1, 0.15) is 11.6 Å². The van der Waals surface area contributed by atoms with Crippen molar-refractivity contribution in [3.05, 3.63) is 48.4 Å². The SMILES string of the molecule is CC(C)COc1ccc(-c2cc(F)ccn2)cc1. The predicted octanol–water partition coefficient (Wildman–Crippen LogP) is 3.92. The van der Waals surface area contributed by atoms with Gasteiger partial charge in [-0.3, -0.25) is 4.98 Å². The lowest BCUT2D eigenvalue weighted by atomic mass is 10.1. The molecule has 1 aromatic heterocycles. The molecule has 0 aliphatic rings. The number of rotatable bonds is 4. The zero-order valence-corrected chi connectivity index (χ0v) is 10.6. The fraction of sp³-hybridized carbons (Fsp3) is 0.267. The first kappa shape index (κ1) is 12.6. The van der Waals surface area contributed by atoms with Crippen LogP contribution in [0.1, 0.15) is 13.8 Å². The number of ether oxygens (including phenoxy) is 1. The summed E-state index contributed by atoms with van der Waals surface area (Å²) in [6.07, 6.45) is 1.47. The first-order chi connectivity index (χ1) is 8.65. The summed E-state index contributed by atoms with van der Waals surface area (Å²) in [5.74, 6) is 1.04. The van der Waals surface area contributed by atoms with Gasteiger partial charge in [-0.1, -0.05) is 13.8 Å². The van der Waals surface area contributed by atoms with Crippen molar-refractivity contribution >= 4 is 0 Å². The Morgan fingerprint density at radius 1 is 1.17 bits per heavy atom. The molecule has 0 fully saturated rings. The van der Waals surface area contributed by atoms with E-state index >= 15 is 0 Å². The quantitative estimate of drug-likeness (QED) is 0.814. The Hall–Kier alpha value is -1.90. The van der Waals surface area contributed by atoms with Gasteiger partial charge in [-0.25, -0.2) is 4.39 Å². The van der Waals surface area contributed by atoms with Gasteiger partial charge in [-0.15, -0.1) is 0 Å². The molecule has 18 heavy (non-hydrogen) atoms. The third kappa shape index (κ3) is 3.29. The van der Waals surface area contributed by atoms with Crippen molar-refractivity contribution < 1.29 is 9.13 Å². The molecule has 1 heterocycles. The number of hydrogen-bond donors (Lipinski definition) is 0. The highest BCUT2D eigenvalue weighted by molar-refractivity contribution is 5.59. The number of hydrogen-bond acceptors (Lipinski definition) is 2. The molecular formula is C15H16FNO. The minimum absolute atomic E-state index is 0.278. The van der Waals surface area contributed by atoms with E-state index in [1.54, 1.807) is 0 Å². The highest BCUT2D eigenvalue weighted by Crippen LogP contribution is 2.21. The second-order valence-electron chi connectivity index (χ2n) is 4.59. The fourth-order valence-corrected chi connectivity index (χ4v) is 1.55. The van der Waals surface area contributed by atoms with Crippen molar-refractivity contribution in [1.29, 1.82) is 0 Å². The van der Waals surface area contributed by atoms with Gasteiger partial charge >= 0.3 is 0 Å². The number of nitrogens with zero attached hydrogens (tertiary/aromatic N) is 1. The Labute approximate surface area is 106 Å². The van der Waals surface area contributed by atoms with E-state index in [9.17, 15) is 4.39 Å². The molecule has 1 aromatic carbocycles. The average Bonchev–Trinajstić information content (AvgIpc) is 2.37. The van der Waals surface area contributed by atoms with Crippen LogP contribution in [-0.4, -0.2) is 11.6 Å². The second-order valence-corrected chi connectivity index (χ2v) is 4.59. The Morgan fingerprint density at radius 3 is 2.50 bits per heavy atom. The van der Waals surface area contributed by atoms with Gasteiger partial charge < -0.3 is 4.74 Å². The lowest BCUT2D eigenvalue weighted by Gasteiger charge is -2.09. The maximum atomic E-state index is 13.1. The highest BCUT2D eigenvalue weighted by Gasteiger charge is 2.02. The zero-order valence-electron chi connectivity index (χ0n) is 10.6. The van der Waals surface area contributed by atoms with Crippen molar-refractivity contribution in [2.75, 3.05) is 6.61 Å². The van der Waals surface area contributed by atoms with E-state index in [2.05, 4.69) is 18.8 Å². The van der Waals surface area contributed by atoms with E-state index in [1.165, 1.54) is 18.3 Å². The average molecular weight is 245 g/mol. The minimum atomic E-state index is -0.278. The Balaban J connectivity index is 2.12. The molecule has 2 aromatic rings. The highest BCUT2D eigenvalue weighted by atomic mass is 19.1. The summed E-state index contributed by atoms with van der Waals surface area (Å²) in [7, 11) is 0. The van der Waals surface area contributed by atoms with E-state index in [0.29, 0.717) is 18.2 Å². The fourth-order valence-electron chi connectivity index (χ4n) is 1.55. The molecular weight excluding hydrogens is 229 g/mol. The van der Waals surface area contributed by atoms with Crippen LogP contribution in [-0.2, 0) is 0 Å². The molecule has 94 valence electrons. The molecule has 0 radical (unpaired) electrons. The molecule has 0 amide bonds. The van der Waals surface area contributed by atoms with Crippen molar-refractivity contribution in [3.8, 4) is 17.0 Å². The van der Waals surface area contributed by atoms with Crippen LogP contribution >= 0.6 is 0 Å². The molecule has 0 spiro atoms. The van der Waals surface area contributed by atoms with Crippen LogP contribution in [0, 0.1) is 11.7 Å². The Morgan fingerprint density at radius 2 is 1.89 bits per heavy atom. The van der Waals surface area contributed by atoms with E-state index in [1.807, 2.05) is 24.3 Å². The number of benzene rings is 1. The lowest BCUT2D eigenvalue weighted by Crippen LogP contribution is -2.04. The number of halogens is 1. The lowest BCUT2D eigenvalue weighted by molar-refractivity contribution is 0.271. The van der Waals surface area contributed by atoms with Crippen molar-refractivity contribution in [3.63, 3.8) is 0 Å². The molecule has 0 saturated heterocycles. The predicted molar refractivity (Wildman–Crippen MR) is 70.0 cm³/mol. The van der Waals surface area contributed by atoms with Crippen LogP contribution in [0.15, 0.2) is 42.6 Å². The third-order valence-corrected chi connectivity index (χ3v) is 2.46. The molecule has 0 bridgehead atoms. The summed E-state index contributed by atoms with van der Waals surface area (Å²) in [6.45, 7) is 4.90. The maximum Gasteiger partial charge on any atom is 0.126 e. The van der Waals surface area contributed by atoms with Gasteiger partial charge in [0.05, 0.1) is 12.3 Å². The van der Waals surface area contributed by atoms with Crippen molar-refractivity contribution in [2.24, 2.45) is 5.92 Å². The topological polar surface area (TPSA) is 22.1 Å². The van der Waals surface area contributed by atoms with Crippen LogP contribution in [0.5, 0.6) is 5.75 Å². The third-order valence-electron chi connectivity index (χ3n) is 2.46. The number of pyridine rings is 1. The summed E-state index contributed by atoms with van der Waals surface area (Å²) in [5, 5.41) is 0. The first-order valence-corrected chi connectivity index (χ1v) is 6.00. The Bertz CT molecular complexity index is 508.